The maximum atomic E-state index is 5.87. The Labute approximate surface area is 97.6 Å². The number of nitrogens with two attached hydrogens (primary N) is 1. The van der Waals surface area contributed by atoms with Gasteiger partial charge in [-0.05, 0) is 19.4 Å². The maximum Gasteiger partial charge on any atom is 0.124 e. The van der Waals surface area contributed by atoms with E-state index >= 15 is 0 Å². The zero-order valence-electron chi connectivity index (χ0n) is 10.3. The lowest BCUT2D eigenvalue weighted by atomic mass is 10.1. The van der Waals surface area contributed by atoms with Gasteiger partial charge < -0.3 is 15.2 Å². The normalized spacial score (nSPS) is 14.5. The van der Waals surface area contributed by atoms with Crippen LogP contribution in [0.4, 0.5) is 0 Å². The molecule has 1 rings (SSSR count). The third kappa shape index (κ3) is 3.22. The first-order valence-corrected chi connectivity index (χ1v) is 5.71. The van der Waals surface area contributed by atoms with Gasteiger partial charge in [-0.15, -0.1) is 0 Å². The number of benzene rings is 1. The number of rotatable bonds is 6. The van der Waals surface area contributed by atoms with E-state index in [1.54, 1.807) is 7.11 Å². The number of hydrogen-bond donors (Lipinski definition) is 1. The highest BCUT2D eigenvalue weighted by molar-refractivity contribution is 5.35. The van der Waals surface area contributed by atoms with E-state index < -0.39 is 0 Å². The summed E-state index contributed by atoms with van der Waals surface area (Å²) >= 11 is 0. The minimum Gasteiger partial charge on any atom is -0.496 e. The van der Waals surface area contributed by atoms with E-state index in [2.05, 4.69) is 13.8 Å². The molecule has 0 saturated carbocycles. The van der Waals surface area contributed by atoms with Gasteiger partial charge in [-0.1, -0.05) is 25.1 Å². The molecule has 90 valence electrons. The molecule has 3 nitrogen and oxygen atoms in total. The first kappa shape index (κ1) is 13.0. The summed E-state index contributed by atoms with van der Waals surface area (Å²) in [7, 11) is 1.66. The van der Waals surface area contributed by atoms with Crippen molar-refractivity contribution >= 4 is 0 Å². The van der Waals surface area contributed by atoms with Gasteiger partial charge in [0.05, 0.1) is 19.3 Å². The Bertz CT molecular complexity index is 315. The van der Waals surface area contributed by atoms with Crippen LogP contribution < -0.4 is 10.5 Å². The van der Waals surface area contributed by atoms with Crippen LogP contribution in [0, 0.1) is 0 Å². The Balaban J connectivity index is 2.85. The fourth-order valence-electron chi connectivity index (χ4n) is 1.56. The molecule has 1 aromatic rings. The molecule has 0 amide bonds. The second kappa shape index (κ2) is 6.51. The van der Waals surface area contributed by atoms with Crippen molar-refractivity contribution in [2.24, 2.45) is 5.73 Å². The number of hydrogen-bond acceptors (Lipinski definition) is 3. The molecule has 0 radical (unpaired) electrons. The van der Waals surface area contributed by atoms with Crippen LogP contribution in [0.15, 0.2) is 24.3 Å². The molecule has 0 aliphatic rings. The minimum absolute atomic E-state index is 0.0916. The van der Waals surface area contributed by atoms with Crippen molar-refractivity contribution in [3.8, 4) is 5.75 Å². The molecule has 0 saturated heterocycles. The van der Waals surface area contributed by atoms with Gasteiger partial charge >= 0.3 is 0 Å². The van der Waals surface area contributed by atoms with E-state index in [9.17, 15) is 0 Å². The Morgan fingerprint density at radius 2 is 2.00 bits per heavy atom. The summed E-state index contributed by atoms with van der Waals surface area (Å²) in [6, 6.07) is 7.84. The van der Waals surface area contributed by atoms with Crippen LogP contribution in [-0.2, 0) is 4.74 Å². The van der Waals surface area contributed by atoms with Crippen molar-refractivity contribution in [1.29, 1.82) is 0 Å². The summed E-state index contributed by atoms with van der Waals surface area (Å²) in [5, 5.41) is 0. The fourth-order valence-corrected chi connectivity index (χ4v) is 1.56. The lowest BCUT2D eigenvalue weighted by Gasteiger charge is -2.22. The van der Waals surface area contributed by atoms with E-state index in [-0.39, 0.29) is 12.2 Å². The molecule has 0 bridgehead atoms. The third-order valence-corrected chi connectivity index (χ3v) is 2.67. The molecule has 0 aliphatic heterocycles. The van der Waals surface area contributed by atoms with Gasteiger partial charge in [0.2, 0.25) is 0 Å². The average Bonchev–Trinajstić information content (AvgIpc) is 2.35. The summed E-state index contributed by atoms with van der Waals surface area (Å²) in [5.74, 6) is 0.834. The van der Waals surface area contributed by atoms with Crippen molar-refractivity contribution in [1.82, 2.24) is 0 Å². The highest BCUT2D eigenvalue weighted by atomic mass is 16.5. The van der Waals surface area contributed by atoms with Crippen LogP contribution in [0.1, 0.15) is 31.9 Å². The van der Waals surface area contributed by atoms with Gasteiger partial charge in [0.25, 0.3) is 0 Å². The average molecular weight is 223 g/mol. The van der Waals surface area contributed by atoms with Crippen molar-refractivity contribution in [2.45, 2.75) is 32.5 Å². The molecular formula is C13H21NO2. The second-order valence-electron chi connectivity index (χ2n) is 3.82. The second-order valence-corrected chi connectivity index (χ2v) is 3.82. The molecule has 2 N–H and O–H groups in total. The molecular weight excluding hydrogens is 202 g/mol. The highest BCUT2D eigenvalue weighted by Crippen LogP contribution is 2.27. The van der Waals surface area contributed by atoms with Gasteiger partial charge in [-0.25, -0.2) is 0 Å². The van der Waals surface area contributed by atoms with E-state index in [0.717, 1.165) is 17.7 Å². The third-order valence-electron chi connectivity index (χ3n) is 2.67. The fraction of sp³-hybridized carbons (Fsp3) is 0.538. The summed E-state index contributed by atoms with van der Waals surface area (Å²) < 4.78 is 11.2. The van der Waals surface area contributed by atoms with Crippen LogP contribution in [0.3, 0.4) is 0 Å². The van der Waals surface area contributed by atoms with Crippen LogP contribution >= 0.6 is 0 Å². The summed E-state index contributed by atoms with van der Waals surface area (Å²) in [6.45, 7) is 4.61. The smallest absolute Gasteiger partial charge is 0.124 e. The van der Waals surface area contributed by atoms with Gasteiger partial charge in [0.15, 0.2) is 0 Å². The zero-order valence-corrected chi connectivity index (χ0v) is 10.3. The topological polar surface area (TPSA) is 44.5 Å². The van der Waals surface area contributed by atoms with Crippen LogP contribution in [0.25, 0.3) is 0 Å². The molecule has 0 spiro atoms. The van der Waals surface area contributed by atoms with Crippen LogP contribution in [-0.4, -0.2) is 19.8 Å². The van der Waals surface area contributed by atoms with Crippen molar-refractivity contribution in [3.05, 3.63) is 29.8 Å². The van der Waals surface area contributed by atoms with Gasteiger partial charge in [0, 0.05) is 12.1 Å². The quantitative estimate of drug-likeness (QED) is 0.806. The maximum absolute atomic E-state index is 5.87. The molecule has 2 unspecified atom stereocenters. The molecule has 3 heteroatoms. The van der Waals surface area contributed by atoms with E-state index in [1.807, 2.05) is 24.3 Å². The number of ether oxygens (including phenoxy) is 2. The lowest BCUT2D eigenvalue weighted by molar-refractivity contribution is -0.00112. The van der Waals surface area contributed by atoms with Crippen LogP contribution in [0.2, 0.25) is 0 Å². The Kier molecular flexibility index (Phi) is 5.29. The largest absolute Gasteiger partial charge is 0.496 e. The standard InChI is InChI=1S/C13H21NO2/c1-4-10(2)16-13(9-14)11-7-5-6-8-12(11)15-3/h5-8,10,13H,4,9,14H2,1-3H3. The summed E-state index contributed by atoms with van der Waals surface area (Å²) in [6.07, 6.45) is 1.09. The first-order chi connectivity index (χ1) is 7.72. The Morgan fingerprint density at radius 3 is 2.56 bits per heavy atom. The zero-order chi connectivity index (χ0) is 12.0. The Morgan fingerprint density at radius 1 is 1.31 bits per heavy atom. The number of para-hydroxylation sites is 1. The molecule has 0 heterocycles. The summed E-state index contributed by atoms with van der Waals surface area (Å²) in [4.78, 5) is 0. The van der Waals surface area contributed by atoms with E-state index in [4.69, 9.17) is 15.2 Å². The molecule has 2 atom stereocenters. The van der Waals surface area contributed by atoms with Crippen molar-refractivity contribution in [3.63, 3.8) is 0 Å². The monoisotopic (exact) mass is 223 g/mol. The predicted molar refractivity (Wildman–Crippen MR) is 65.6 cm³/mol. The molecule has 1 aromatic carbocycles. The van der Waals surface area contributed by atoms with Gasteiger partial charge in [-0.3, -0.25) is 0 Å². The van der Waals surface area contributed by atoms with Crippen molar-refractivity contribution in [2.75, 3.05) is 13.7 Å². The Hall–Kier alpha value is -1.06. The van der Waals surface area contributed by atoms with Gasteiger partial charge in [-0.2, -0.15) is 0 Å². The van der Waals surface area contributed by atoms with E-state index in [1.165, 1.54) is 0 Å². The summed E-state index contributed by atoms with van der Waals surface area (Å²) in [5.41, 5.74) is 6.77. The highest BCUT2D eigenvalue weighted by Gasteiger charge is 2.16. The molecule has 0 aliphatic carbocycles. The minimum atomic E-state index is -0.0916. The predicted octanol–water partition coefficient (Wildman–Crippen LogP) is 2.51. The molecule has 16 heavy (non-hydrogen) atoms. The van der Waals surface area contributed by atoms with E-state index in [0.29, 0.717) is 6.54 Å². The SMILES string of the molecule is CCC(C)OC(CN)c1ccccc1OC. The van der Waals surface area contributed by atoms with Gasteiger partial charge in [0.1, 0.15) is 5.75 Å². The lowest BCUT2D eigenvalue weighted by Crippen LogP contribution is -2.21. The molecule has 0 fully saturated rings. The molecule has 0 aromatic heterocycles. The van der Waals surface area contributed by atoms with Crippen LogP contribution in [0.5, 0.6) is 5.75 Å². The van der Waals surface area contributed by atoms with Crippen molar-refractivity contribution < 1.29 is 9.47 Å². The first-order valence-electron chi connectivity index (χ1n) is 5.71. The number of methoxy groups -OCH3 is 1.